The van der Waals surface area contributed by atoms with Crippen LogP contribution in [0.2, 0.25) is 5.02 Å². The van der Waals surface area contributed by atoms with Crippen LogP contribution in [0.5, 0.6) is 0 Å². The van der Waals surface area contributed by atoms with E-state index in [1.807, 2.05) is 36.4 Å². The first-order valence-corrected chi connectivity index (χ1v) is 8.02. The van der Waals surface area contributed by atoms with E-state index in [9.17, 15) is 4.79 Å². The molecule has 2 aromatic rings. The number of ether oxygens (including phenoxy) is 1. The van der Waals surface area contributed by atoms with E-state index in [0.717, 1.165) is 17.5 Å². The summed E-state index contributed by atoms with van der Waals surface area (Å²) in [5.74, 6) is -0.0944. The second kappa shape index (κ2) is 7.13. The zero-order valence-electron chi connectivity index (χ0n) is 12.7. The molecule has 0 spiro atoms. The van der Waals surface area contributed by atoms with E-state index in [2.05, 4.69) is 5.32 Å². The van der Waals surface area contributed by atoms with Gasteiger partial charge in [0.1, 0.15) is 6.10 Å². The molecule has 1 aliphatic heterocycles. The molecule has 0 aromatic heterocycles. The van der Waals surface area contributed by atoms with Gasteiger partial charge < -0.3 is 15.8 Å². The molecule has 0 saturated carbocycles. The molecule has 5 heteroatoms. The SMILES string of the molecule is NCc1ccc(C(=O)NC2CCOC2c2ccc(Cl)cc2)cc1. The van der Waals surface area contributed by atoms with Gasteiger partial charge in [-0.15, -0.1) is 0 Å². The van der Waals surface area contributed by atoms with Crippen LogP contribution in [0, 0.1) is 0 Å². The lowest BCUT2D eigenvalue weighted by Gasteiger charge is -2.20. The van der Waals surface area contributed by atoms with Gasteiger partial charge >= 0.3 is 0 Å². The predicted molar refractivity (Wildman–Crippen MR) is 90.3 cm³/mol. The van der Waals surface area contributed by atoms with Crippen molar-refractivity contribution in [3.05, 3.63) is 70.2 Å². The van der Waals surface area contributed by atoms with Gasteiger partial charge in [-0.1, -0.05) is 35.9 Å². The molecular weight excluding hydrogens is 312 g/mol. The van der Waals surface area contributed by atoms with Crippen molar-refractivity contribution >= 4 is 17.5 Å². The minimum absolute atomic E-state index is 0.0436. The Morgan fingerprint density at radius 3 is 2.52 bits per heavy atom. The lowest BCUT2D eigenvalue weighted by Crippen LogP contribution is -2.36. The topological polar surface area (TPSA) is 64.4 Å². The maximum Gasteiger partial charge on any atom is 0.251 e. The van der Waals surface area contributed by atoms with Gasteiger partial charge in [-0.05, 0) is 41.8 Å². The summed E-state index contributed by atoms with van der Waals surface area (Å²) in [6.45, 7) is 1.10. The maximum atomic E-state index is 12.4. The average Bonchev–Trinajstić information content (AvgIpc) is 3.03. The van der Waals surface area contributed by atoms with Gasteiger partial charge in [0.2, 0.25) is 0 Å². The van der Waals surface area contributed by atoms with E-state index in [4.69, 9.17) is 22.1 Å². The van der Waals surface area contributed by atoms with Crippen molar-refractivity contribution in [3.63, 3.8) is 0 Å². The normalized spacial score (nSPS) is 20.4. The number of rotatable bonds is 4. The van der Waals surface area contributed by atoms with Crippen LogP contribution in [0.4, 0.5) is 0 Å². The molecule has 23 heavy (non-hydrogen) atoms. The van der Waals surface area contributed by atoms with Crippen molar-refractivity contribution in [1.82, 2.24) is 5.32 Å². The lowest BCUT2D eigenvalue weighted by molar-refractivity contribution is 0.0821. The largest absolute Gasteiger partial charge is 0.371 e. The summed E-state index contributed by atoms with van der Waals surface area (Å²) >= 11 is 5.92. The highest BCUT2D eigenvalue weighted by Crippen LogP contribution is 2.30. The summed E-state index contributed by atoms with van der Waals surface area (Å²) in [4.78, 5) is 12.4. The van der Waals surface area contributed by atoms with Crippen LogP contribution in [0.25, 0.3) is 0 Å². The molecule has 1 fully saturated rings. The zero-order chi connectivity index (χ0) is 16.2. The fourth-order valence-electron chi connectivity index (χ4n) is 2.76. The molecule has 3 rings (SSSR count). The van der Waals surface area contributed by atoms with Crippen molar-refractivity contribution < 1.29 is 9.53 Å². The van der Waals surface area contributed by atoms with Crippen LogP contribution in [-0.4, -0.2) is 18.6 Å². The van der Waals surface area contributed by atoms with Gasteiger partial charge in [0.25, 0.3) is 5.91 Å². The van der Waals surface area contributed by atoms with Crippen molar-refractivity contribution in [2.24, 2.45) is 5.73 Å². The third-order valence-corrected chi connectivity index (χ3v) is 4.31. The standard InChI is InChI=1S/C18H19ClN2O2/c19-15-7-5-13(6-8-15)17-16(9-10-23-17)21-18(22)14-3-1-12(11-20)2-4-14/h1-8,16-17H,9-11,20H2,(H,21,22). The molecule has 0 bridgehead atoms. The summed E-state index contributed by atoms with van der Waals surface area (Å²) in [6.07, 6.45) is 0.652. The first kappa shape index (κ1) is 16.0. The molecule has 1 aliphatic rings. The van der Waals surface area contributed by atoms with E-state index in [1.165, 1.54) is 0 Å². The summed E-state index contributed by atoms with van der Waals surface area (Å²) < 4.78 is 5.79. The molecule has 4 nitrogen and oxygen atoms in total. The second-order valence-corrected chi connectivity index (χ2v) is 6.05. The Morgan fingerprint density at radius 1 is 1.17 bits per heavy atom. The molecular formula is C18H19ClN2O2. The second-order valence-electron chi connectivity index (χ2n) is 5.61. The van der Waals surface area contributed by atoms with Crippen LogP contribution in [0.3, 0.4) is 0 Å². The van der Waals surface area contributed by atoms with Crippen LogP contribution >= 0.6 is 11.6 Å². The Kier molecular flexibility index (Phi) is 4.96. The Morgan fingerprint density at radius 2 is 1.87 bits per heavy atom. The zero-order valence-corrected chi connectivity index (χ0v) is 13.4. The lowest BCUT2D eigenvalue weighted by atomic mass is 10.0. The molecule has 1 saturated heterocycles. The number of benzene rings is 2. The number of hydrogen-bond acceptors (Lipinski definition) is 3. The summed E-state index contributed by atoms with van der Waals surface area (Å²) in [6, 6.07) is 14.8. The summed E-state index contributed by atoms with van der Waals surface area (Å²) in [7, 11) is 0. The Hall–Kier alpha value is -1.88. The van der Waals surface area contributed by atoms with Crippen molar-refractivity contribution in [1.29, 1.82) is 0 Å². The van der Waals surface area contributed by atoms with Crippen LogP contribution < -0.4 is 11.1 Å². The molecule has 2 aromatic carbocycles. The minimum Gasteiger partial charge on any atom is -0.371 e. The number of nitrogens with two attached hydrogens (primary N) is 1. The quantitative estimate of drug-likeness (QED) is 0.905. The van der Waals surface area contributed by atoms with Gasteiger partial charge in [0.05, 0.1) is 6.04 Å². The van der Waals surface area contributed by atoms with E-state index < -0.39 is 0 Å². The van der Waals surface area contributed by atoms with Gasteiger partial charge in [-0.3, -0.25) is 4.79 Å². The van der Waals surface area contributed by atoms with Gasteiger partial charge in [-0.2, -0.15) is 0 Å². The van der Waals surface area contributed by atoms with Gasteiger partial charge in [0.15, 0.2) is 0 Å². The molecule has 2 unspecified atom stereocenters. The monoisotopic (exact) mass is 330 g/mol. The van der Waals surface area contributed by atoms with Crippen molar-refractivity contribution in [2.45, 2.75) is 25.1 Å². The molecule has 2 atom stereocenters. The van der Waals surface area contributed by atoms with Crippen LogP contribution in [0.15, 0.2) is 48.5 Å². The number of carbonyl (C=O) groups excluding carboxylic acids is 1. The third kappa shape index (κ3) is 3.72. The summed E-state index contributed by atoms with van der Waals surface area (Å²) in [5.41, 5.74) is 8.23. The number of carbonyl (C=O) groups is 1. The molecule has 1 heterocycles. The van der Waals surface area contributed by atoms with E-state index >= 15 is 0 Å². The van der Waals surface area contributed by atoms with Crippen LogP contribution in [-0.2, 0) is 11.3 Å². The first-order valence-electron chi connectivity index (χ1n) is 7.64. The number of halogens is 1. The van der Waals surface area contributed by atoms with Crippen molar-refractivity contribution in [3.8, 4) is 0 Å². The first-order chi connectivity index (χ1) is 11.2. The fraction of sp³-hybridized carbons (Fsp3) is 0.278. The minimum atomic E-state index is -0.139. The smallest absolute Gasteiger partial charge is 0.251 e. The van der Waals surface area contributed by atoms with E-state index in [-0.39, 0.29) is 18.1 Å². The highest BCUT2D eigenvalue weighted by Gasteiger charge is 2.31. The molecule has 1 amide bonds. The van der Waals surface area contributed by atoms with E-state index in [0.29, 0.717) is 23.7 Å². The molecule has 0 aliphatic carbocycles. The number of hydrogen-bond donors (Lipinski definition) is 2. The Labute approximate surface area is 140 Å². The van der Waals surface area contributed by atoms with E-state index in [1.54, 1.807) is 12.1 Å². The molecule has 3 N–H and O–H groups in total. The van der Waals surface area contributed by atoms with Gasteiger partial charge in [0, 0.05) is 23.7 Å². The highest BCUT2D eigenvalue weighted by molar-refractivity contribution is 6.30. The average molecular weight is 331 g/mol. The third-order valence-electron chi connectivity index (χ3n) is 4.06. The number of nitrogens with one attached hydrogen (secondary N) is 1. The summed E-state index contributed by atoms with van der Waals surface area (Å²) in [5, 5.41) is 3.75. The Balaban J connectivity index is 1.70. The maximum absolute atomic E-state index is 12.4. The van der Waals surface area contributed by atoms with Gasteiger partial charge in [-0.25, -0.2) is 0 Å². The molecule has 120 valence electrons. The predicted octanol–water partition coefficient (Wildman–Crippen LogP) is 3.06. The fourth-order valence-corrected chi connectivity index (χ4v) is 2.89. The molecule has 0 radical (unpaired) electrons. The number of amides is 1. The van der Waals surface area contributed by atoms with Crippen LogP contribution in [0.1, 0.15) is 34.0 Å². The van der Waals surface area contributed by atoms with Crippen molar-refractivity contribution in [2.75, 3.05) is 6.61 Å². The Bertz CT molecular complexity index is 670. The highest BCUT2D eigenvalue weighted by atomic mass is 35.5.